The number of aryl methyl sites for hydroxylation is 1. The third-order valence-corrected chi connectivity index (χ3v) is 7.94. The Morgan fingerprint density at radius 2 is 1.77 bits per heavy atom. The van der Waals surface area contributed by atoms with Crippen molar-refractivity contribution in [3.8, 4) is 5.75 Å². The number of fused-ring (bicyclic) bond motifs is 1. The second-order valence-electron chi connectivity index (χ2n) is 9.41. The normalized spacial score (nSPS) is 16.8. The summed E-state index contributed by atoms with van der Waals surface area (Å²) in [6.07, 6.45) is 6.47. The van der Waals surface area contributed by atoms with Crippen LogP contribution >= 0.6 is 11.3 Å². The maximum Gasteiger partial charge on any atom is 0.254 e. The summed E-state index contributed by atoms with van der Waals surface area (Å²) in [5.74, 6) is 0.572. The van der Waals surface area contributed by atoms with Crippen LogP contribution < -0.4 is 20.7 Å². The lowest BCUT2D eigenvalue weighted by Gasteiger charge is -2.22. The molecule has 1 atom stereocenters. The fourth-order valence-corrected chi connectivity index (χ4v) is 5.67. The number of amides is 3. The summed E-state index contributed by atoms with van der Waals surface area (Å²) in [5.41, 5.74) is 2.62. The molecule has 1 fully saturated rings. The largest absolute Gasteiger partial charge is 0.497 e. The number of thiophene rings is 1. The summed E-state index contributed by atoms with van der Waals surface area (Å²) in [6, 6.07) is 7.85. The van der Waals surface area contributed by atoms with Crippen molar-refractivity contribution < 1.29 is 19.1 Å². The van der Waals surface area contributed by atoms with Crippen molar-refractivity contribution in [3.05, 3.63) is 45.8 Å². The minimum absolute atomic E-state index is 0.000898. The van der Waals surface area contributed by atoms with Gasteiger partial charge >= 0.3 is 0 Å². The van der Waals surface area contributed by atoms with Gasteiger partial charge < -0.3 is 20.7 Å². The van der Waals surface area contributed by atoms with E-state index in [1.54, 1.807) is 7.11 Å². The Hall–Kier alpha value is -2.87. The molecule has 0 spiro atoms. The maximum atomic E-state index is 13.1. The van der Waals surface area contributed by atoms with Crippen molar-refractivity contribution in [2.75, 3.05) is 25.5 Å². The Morgan fingerprint density at radius 3 is 2.46 bits per heavy atom. The number of anilines is 1. The van der Waals surface area contributed by atoms with Crippen LogP contribution in [0.1, 0.15) is 65.4 Å². The second kappa shape index (κ2) is 11.7. The third kappa shape index (κ3) is 6.42. The summed E-state index contributed by atoms with van der Waals surface area (Å²) in [4.78, 5) is 39.7. The van der Waals surface area contributed by atoms with Gasteiger partial charge in [0.05, 0.1) is 12.7 Å². The smallest absolute Gasteiger partial charge is 0.254 e. The summed E-state index contributed by atoms with van der Waals surface area (Å²) in [6.45, 7) is 3.24. The lowest BCUT2D eigenvalue weighted by molar-refractivity contribution is -0.125. The Kier molecular flexibility index (Phi) is 8.44. The molecule has 3 N–H and O–H groups in total. The molecular weight excluding hydrogens is 462 g/mol. The molecule has 4 rings (SSSR count). The molecule has 2 aromatic rings. The van der Waals surface area contributed by atoms with Gasteiger partial charge in [0.15, 0.2) is 0 Å². The highest BCUT2D eigenvalue weighted by atomic mass is 32.1. The van der Waals surface area contributed by atoms with E-state index in [1.807, 2.05) is 24.3 Å². The van der Waals surface area contributed by atoms with Gasteiger partial charge in [-0.3, -0.25) is 14.4 Å². The zero-order chi connectivity index (χ0) is 24.8. The number of rotatable bonds is 11. The van der Waals surface area contributed by atoms with Crippen molar-refractivity contribution >= 4 is 34.1 Å². The highest BCUT2D eigenvalue weighted by molar-refractivity contribution is 7.17. The van der Waals surface area contributed by atoms with Crippen molar-refractivity contribution in [1.82, 2.24) is 10.6 Å². The van der Waals surface area contributed by atoms with E-state index < -0.39 is 0 Å². The summed E-state index contributed by atoms with van der Waals surface area (Å²) < 4.78 is 5.19. The SMILES string of the molecule is CCCCNC(=O)c1c(NC(=O)C2CC2)sc2c1CC(C(=O)NCCc1ccc(OC)cc1)CC2. The number of methoxy groups -OCH3 is 1. The van der Waals surface area contributed by atoms with Crippen LogP contribution in [0.4, 0.5) is 5.00 Å². The van der Waals surface area contributed by atoms with Crippen LogP contribution in [0.3, 0.4) is 0 Å². The topological polar surface area (TPSA) is 96.5 Å². The van der Waals surface area contributed by atoms with Crippen LogP contribution in [-0.4, -0.2) is 37.9 Å². The molecule has 2 aliphatic carbocycles. The number of ether oxygens (including phenoxy) is 1. The monoisotopic (exact) mass is 497 g/mol. The highest BCUT2D eigenvalue weighted by Gasteiger charge is 2.35. The van der Waals surface area contributed by atoms with Crippen LogP contribution in [0.15, 0.2) is 24.3 Å². The number of carbonyl (C=O) groups excluding carboxylic acids is 3. The average Bonchev–Trinajstić information content (AvgIpc) is 3.66. The van der Waals surface area contributed by atoms with Crippen LogP contribution in [0.5, 0.6) is 5.75 Å². The molecule has 1 heterocycles. The molecule has 0 aliphatic heterocycles. The quantitative estimate of drug-likeness (QED) is 0.407. The lowest BCUT2D eigenvalue weighted by atomic mass is 9.85. The first-order valence-corrected chi connectivity index (χ1v) is 13.5. The summed E-state index contributed by atoms with van der Waals surface area (Å²) in [5, 5.41) is 9.74. The first-order chi connectivity index (χ1) is 17.0. The Labute approximate surface area is 211 Å². The number of hydrogen-bond acceptors (Lipinski definition) is 5. The number of carbonyl (C=O) groups is 3. The molecule has 1 aromatic heterocycles. The molecule has 1 aromatic carbocycles. The minimum atomic E-state index is -0.179. The van der Waals surface area contributed by atoms with E-state index in [0.29, 0.717) is 30.1 Å². The lowest BCUT2D eigenvalue weighted by Crippen LogP contribution is -2.35. The van der Waals surface area contributed by atoms with Gasteiger partial charge in [-0.25, -0.2) is 0 Å². The predicted molar refractivity (Wildman–Crippen MR) is 138 cm³/mol. The molecule has 0 bridgehead atoms. The molecule has 188 valence electrons. The summed E-state index contributed by atoms with van der Waals surface area (Å²) >= 11 is 1.50. The van der Waals surface area contributed by atoms with Crippen molar-refractivity contribution in [1.29, 1.82) is 0 Å². The van der Waals surface area contributed by atoms with E-state index in [2.05, 4.69) is 22.9 Å². The average molecular weight is 498 g/mol. The van der Waals surface area contributed by atoms with Crippen LogP contribution in [0.2, 0.25) is 0 Å². The number of unbranched alkanes of at least 4 members (excludes halogenated alkanes) is 1. The molecule has 2 aliphatic rings. The zero-order valence-corrected chi connectivity index (χ0v) is 21.4. The Morgan fingerprint density at radius 1 is 1.00 bits per heavy atom. The van der Waals surface area contributed by atoms with Crippen molar-refractivity contribution in [2.24, 2.45) is 11.8 Å². The number of nitrogens with one attached hydrogen (secondary N) is 3. The zero-order valence-electron chi connectivity index (χ0n) is 20.6. The maximum absolute atomic E-state index is 13.1. The van der Waals surface area contributed by atoms with E-state index in [9.17, 15) is 14.4 Å². The van der Waals surface area contributed by atoms with Crippen LogP contribution in [0, 0.1) is 11.8 Å². The molecule has 0 radical (unpaired) electrons. The first-order valence-electron chi connectivity index (χ1n) is 12.6. The minimum Gasteiger partial charge on any atom is -0.497 e. The van der Waals surface area contributed by atoms with Crippen LogP contribution in [0.25, 0.3) is 0 Å². The Balaban J connectivity index is 1.41. The van der Waals surface area contributed by atoms with E-state index in [4.69, 9.17) is 4.74 Å². The third-order valence-electron chi connectivity index (χ3n) is 6.73. The van der Waals surface area contributed by atoms with E-state index >= 15 is 0 Å². The standard InChI is InChI=1S/C27H35N3O4S/c1-3-4-14-28-26(33)23-21-16-19(9-12-22(21)35-27(23)30-25(32)18-7-8-18)24(31)29-15-13-17-5-10-20(34-2)11-6-17/h5-6,10-11,18-19H,3-4,7-9,12-16H2,1-2H3,(H,28,33)(H,29,31)(H,30,32). The van der Waals surface area contributed by atoms with Gasteiger partial charge in [0, 0.05) is 29.8 Å². The fourth-order valence-electron chi connectivity index (χ4n) is 4.43. The molecule has 1 unspecified atom stereocenters. The van der Waals surface area contributed by atoms with Gasteiger partial charge in [0.25, 0.3) is 5.91 Å². The molecule has 35 heavy (non-hydrogen) atoms. The molecule has 1 saturated carbocycles. The number of benzene rings is 1. The predicted octanol–water partition coefficient (Wildman–Crippen LogP) is 4.10. The van der Waals surface area contributed by atoms with Crippen LogP contribution in [-0.2, 0) is 28.9 Å². The number of hydrogen-bond donors (Lipinski definition) is 3. The van der Waals surface area contributed by atoms with Gasteiger partial charge in [-0.15, -0.1) is 11.3 Å². The molecule has 7 nitrogen and oxygen atoms in total. The van der Waals surface area contributed by atoms with Crippen molar-refractivity contribution in [2.45, 2.75) is 58.3 Å². The van der Waals surface area contributed by atoms with E-state index in [1.165, 1.54) is 11.3 Å². The van der Waals surface area contributed by atoms with E-state index in [0.717, 1.165) is 66.7 Å². The molecular formula is C27H35N3O4S. The van der Waals surface area contributed by atoms with Gasteiger partial charge in [0.2, 0.25) is 11.8 Å². The second-order valence-corrected chi connectivity index (χ2v) is 10.5. The van der Waals surface area contributed by atoms with Crippen molar-refractivity contribution in [3.63, 3.8) is 0 Å². The van der Waals surface area contributed by atoms with E-state index in [-0.39, 0.29) is 29.6 Å². The fraction of sp³-hybridized carbons (Fsp3) is 0.519. The molecule has 0 saturated heterocycles. The molecule has 3 amide bonds. The van der Waals surface area contributed by atoms with Gasteiger partial charge in [-0.1, -0.05) is 25.5 Å². The van der Waals surface area contributed by atoms with Gasteiger partial charge in [-0.2, -0.15) is 0 Å². The highest BCUT2D eigenvalue weighted by Crippen LogP contribution is 2.41. The molecule has 8 heteroatoms. The first kappa shape index (κ1) is 25.2. The van der Waals surface area contributed by atoms with Gasteiger partial charge in [-0.05, 0) is 68.2 Å². The Bertz CT molecular complexity index is 1060. The summed E-state index contributed by atoms with van der Waals surface area (Å²) in [7, 11) is 1.64. The van der Waals surface area contributed by atoms with Gasteiger partial charge in [0.1, 0.15) is 10.8 Å².